The molecule has 2 unspecified atom stereocenters. The van der Waals surface area contributed by atoms with Gasteiger partial charge in [-0.25, -0.2) is 0 Å². The lowest BCUT2D eigenvalue weighted by atomic mass is 9.65. The van der Waals surface area contributed by atoms with Crippen molar-refractivity contribution in [1.29, 1.82) is 0 Å². The van der Waals surface area contributed by atoms with Crippen LogP contribution in [0.5, 0.6) is 0 Å². The number of aliphatic hydroxyl groups excluding tert-OH is 1. The molecule has 3 N–H and O–H groups in total. The zero-order chi connectivity index (χ0) is 24.1. The fourth-order valence-electron chi connectivity index (χ4n) is 6.27. The van der Waals surface area contributed by atoms with Crippen LogP contribution in [0.4, 0.5) is 0 Å². The Labute approximate surface area is 198 Å². The van der Waals surface area contributed by atoms with Crippen LogP contribution in [0, 0.1) is 11.8 Å². The number of amides is 3. The molecule has 8 heteroatoms. The van der Waals surface area contributed by atoms with Crippen LogP contribution in [0.3, 0.4) is 0 Å². The third-order valence-electron chi connectivity index (χ3n) is 7.90. The number of nitrogens with one attached hydrogen (secondary N) is 2. The molecular weight excluding hydrogens is 422 g/mol. The number of carbonyl (C=O) groups excluding carboxylic acids is 3. The lowest BCUT2D eigenvalue weighted by molar-refractivity contribution is -0.147. The fourth-order valence-corrected chi connectivity index (χ4v) is 6.27. The lowest BCUT2D eigenvalue weighted by Gasteiger charge is -2.34. The molecule has 0 aromatic heterocycles. The summed E-state index contributed by atoms with van der Waals surface area (Å²) in [7, 11) is 0. The summed E-state index contributed by atoms with van der Waals surface area (Å²) in [5.74, 6) is -1.59. The van der Waals surface area contributed by atoms with Crippen molar-refractivity contribution in [2.75, 3.05) is 26.2 Å². The van der Waals surface area contributed by atoms with E-state index in [1.54, 1.807) is 4.90 Å². The molecular formula is C25H43N3O5. The summed E-state index contributed by atoms with van der Waals surface area (Å²) >= 11 is 0. The Hall–Kier alpha value is -1.67. The van der Waals surface area contributed by atoms with Gasteiger partial charge in [0.25, 0.3) is 0 Å². The van der Waals surface area contributed by atoms with E-state index in [2.05, 4.69) is 17.6 Å². The van der Waals surface area contributed by atoms with Crippen LogP contribution in [0.15, 0.2) is 0 Å². The number of rotatable bonds is 14. The molecule has 33 heavy (non-hydrogen) atoms. The highest BCUT2D eigenvalue weighted by Crippen LogP contribution is 2.64. The Morgan fingerprint density at radius 2 is 1.76 bits per heavy atom. The molecule has 3 aliphatic heterocycles. The molecule has 0 saturated carbocycles. The highest BCUT2D eigenvalue weighted by atomic mass is 16.5. The molecule has 0 aliphatic carbocycles. The molecule has 2 bridgehead atoms. The van der Waals surface area contributed by atoms with Crippen molar-refractivity contribution in [2.24, 2.45) is 11.8 Å². The Morgan fingerprint density at radius 3 is 2.42 bits per heavy atom. The van der Waals surface area contributed by atoms with E-state index in [4.69, 9.17) is 9.84 Å². The van der Waals surface area contributed by atoms with E-state index in [0.29, 0.717) is 51.7 Å². The van der Waals surface area contributed by atoms with Gasteiger partial charge in [0.15, 0.2) is 0 Å². The van der Waals surface area contributed by atoms with Crippen LogP contribution in [0.1, 0.15) is 85.0 Å². The van der Waals surface area contributed by atoms with Crippen LogP contribution in [0.2, 0.25) is 0 Å². The molecule has 5 atom stereocenters. The van der Waals surface area contributed by atoms with Crippen LogP contribution in [-0.4, -0.2) is 71.2 Å². The Balaban J connectivity index is 1.90. The summed E-state index contributed by atoms with van der Waals surface area (Å²) < 4.78 is 6.70. The van der Waals surface area contributed by atoms with Gasteiger partial charge in [-0.05, 0) is 51.4 Å². The average molecular weight is 466 g/mol. The average Bonchev–Trinajstić information content (AvgIpc) is 3.41. The standard InChI is InChI=1S/C25H43N3O5/c1-4-7-9-15-27-22(31)20-25-13-12-24(6-3,33-25)18(21(30)26-14-5-2)19(25)23(32)28(20)16-10-8-11-17-29/h18-20,29H,4-17H2,1-3H3,(H,26,30)(H,27,31)/t18-,19-,20?,24+,25?/m0/s1. The smallest absolute Gasteiger partial charge is 0.245 e. The van der Waals surface area contributed by atoms with Crippen LogP contribution in [-0.2, 0) is 19.1 Å². The van der Waals surface area contributed by atoms with Crippen molar-refractivity contribution in [1.82, 2.24) is 15.5 Å². The quantitative estimate of drug-likeness (QED) is 0.341. The van der Waals surface area contributed by atoms with Crippen LogP contribution < -0.4 is 10.6 Å². The number of fused-ring (bicyclic) bond motifs is 1. The Morgan fingerprint density at radius 1 is 1.00 bits per heavy atom. The fraction of sp³-hybridized carbons (Fsp3) is 0.880. The van der Waals surface area contributed by atoms with Gasteiger partial charge in [-0.3, -0.25) is 14.4 Å². The zero-order valence-corrected chi connectivity index (χ0v) is 20.7. The second kappa shape index (κ2) is 11.2. The van der Waals surface area contributed by atoms with E-state index >= 15 is 0 Å². The van der Waals surface area contributed by atoms with Crippen molar-refractivity contribution in [3.63, 3.8) is 0 Å². The molecule has 3 saturated heterocycles. The van der Waals surface area contributed by atoms with Crippen LogP contribution in [0.25, 0.3) is 0 Å². The normalized spacial score (nSPS) is 32.3. The van der Waals surface area contributed by atoms with Gasteiger partial charge in [0.2, 0.25) is 17.7 Å². The molecule has 1 spiro atoms. The molecule has 0 radical (unpaired) electrons. The number of carbonyl (C=O) groups is 3. The minimum absolute atomic E-state index is 0.115. The molecule has 0 aromatic rings. The van der Waals surface area contributed by atoms with Gasteiger partial charge in [-0.1, -0.05) is 33.6 Å². The third kappa shape index (κ3) is 4.65. The largest absolute Gasteiger partial charge is 0.396 e. The van der Waals surface area contributed by atoms with E-state index in [0.717, 1.165) is 32.1 Å². The topological polar surface area (TPSA) is 108 Å². The van der Waals surface area contributed by atoms with Crippen molar-refractivity contribution >= 4 is 17.7 Å². The summed E-state index contributed by atoms with van der Waals surface area (Å²) in [4.78, 5) is 42.3. The van der Waals surface area contributed by atoms with Gasteiger partial charge in [0.05, 0.1) is 17.4 Å². The van der Waals surface area contributed by atoms with Crippen molar-refractivity contribution in [3.8, 4) is 0 Å². The highest BCUT2D eigenvalue weighted by Gasteiger charge is 2.78. The van der Waals surface area contributed by atoms with Crippen molar-refractivity contribution in [2.45, 2.75) is 102 Å². The maximum atomic E-state index is 13.8. The van der Waals surface area contributed by atoms with E-state index in [1.165, 1.54) is 0 Å². The molecule has 3 heterocycles. The first-order chi connectivity index (χ1) is 15.9. The Kier molecular flexibility index (Phi) is 8.78. The Bertz CT molecular complexity index is 716. The van der Waals surface area contributed by atoms with Gasteiger partial charge in [0, 0.05) is 26.2 Å². The predicted octanol–water partition coefficient (Wildman–Crippen LogP) is 2.14. The molecule has 8 nitrogen and oxygen atoms in total. The summed E-state index contributed by atoms with van der Waals surface area (Å²) in [6.07, 6.45) is 7.94. The summed E-state index contributed by atoms with van der Waals surface area (Å²) in [5, 5.41) is 15.2. The lowest BCUT2D eigenvalue weighted by Crippen LogP contribution is -2.55. The molecule has 3 fully saturated rings. The van der Waals surface area contributed by atoms with E-state index in [1.807, 2.05) is 13.8 Å². The number of likely N-dealkylation sites (tertiary alicyclic amines) is 1. The van der Waals surface area contributed by atoms with Gasteiger partial charge < -0.3 is 25.4 Å². The first-order valence-electron chi connectivity index (χ1n) is 13.1. The monoisotopic (exact) mass is 465 g/mol. The number of hydrogen-bond donors (Lipinski definition) is 3. The SMILES string of the molecule is CCCCCNC(=O)C1N(CCCCCO)C(=O)[C@@H]2[C@@H](C(=O)NCCC)[C@@]3(CC)CCC12O3. The molecule has 3 aliphatic rings. The summed E-state index contributed by atoms with van der Waals surface area (Å²) in [6, 6.07) is -0.705. The highest BCUT2D eigenvalue weighted by molar-refractivity contribution is 5.99. The number of ether oxygens (including phenoxy) is 1. The van der Waals surface area contributed by atoms with Gasteiger partial charge >= 0.3 is 0 Å². The minimum Gasteiger partial charge on any atom is -0.396 e. The molecule has 3 rings (SSSR count). The molecule has 3 amide bonds. The van der Waals surface area contributed by atoms with Gasteiger partial charge in [0.1, 0.15) is 11.6 Å². The maximum Gasteiger partial charge on any atom is 0.245 e. The maximum absolute atomic E-state index is 13.8. The van der Waals surface area contributed by atoms with Gasteiger partial charge in [-0.2, -0.15) is 0 Å². The van der Waals surface area contributed by atoms with E-state index in [-0.39, 0.29) is 24.3 Å². The number of unbranched alkanes of at least 4 members (excludes halogenated alkanes) is 4. The minimum atomic E-state index is -0.937. The predicted molar refractivity (Wildman–Crippen MR) is 125 cm³/mol. The van der Waals surface area contributed by atoms with Gasteiger partial charge in [-0.15, -0.1) is 0 Å². The van der Waals surface area contributed by atoms with E-state index < -0.39 is 29.1 Å². The summed E-state index contributed by atoms with van der Waals surface area (Å²) in [6.45, 7) is 7.83. The first kappa shape index (κ1) is 25.9. The second-order valence-corrected chi connectivity index (χ2v) is 9.94. The summed E-state index contributed by atoms with van der Waals surface area (Å²) in [5.41, 5.74) is -1.62. The van der Waals surface area contributed by atoms with Crippen molar-refractivity contribution < 1.29 is 24.2 Å². The van der Waals surface area contributed by atoms with E-state index in [9.17, 15) is 14.4 Å². The zero-order valence-electron chi connectivity index (χ0n) is 20.7. The number of nitrogens with zero attached hydrogens (tertiary/aromatic N) is 1. The van der Waals surface area contributed by atoms with Crippen molar-refractivity contribution in [3.05, 3.63) is 0 Å². The third-order valence-corrected chi connectivity index (χ3v) is 7.90. The number of aliphatic hydroxyl groups is 1. The second-order valence-electron chi connectivity index (χ2n) is 9.94. The first-order valence-corrected chi connectivity index (χ1v) is 13.1. The number of hydrogen-bond acceptors (Lipinski definition) is 5. The molecule has 0 aromatic carbocycles. The van der Waals surface area contributed by atoms with Crippen LogP contribution >= 0.6 is 0 Å². The molecule has 188 valence electrons.